The largest absolute Gasteiger partial charge is 0.481 e. The van der Waals surface area contributed by atoms with Crippen LogP contribution in [0.1, 0.15) is 37.7 Å². The summed E-state index contributed by atoms with van der Waals surface area (Å²) in [5.41, 5.74) is 1.11. The SMILES string of the molecule is CC(CC(=O)NCCCC(=O)O)c1ccc(Br)cc1. The molecule has 0 saturated heterocycles. The Morgan fingerprint density at radius 2 is 1.95 bits per heavy atom. The molecular formula is C14H18BrNO3. The van der Waals surface area contributed by atoms with Gasteiger partial charge in [-0.1, -0.05) is 35.0 Å². The first-order valence-electron chi connectivity index (χ1n) is 6.23. The van der Waals surface area contributed by atoms with E-state index < -0.39 is 5.97 Å². The molecule has 0 aliphatic rings. The Morgan fingerprint density at radius 1 is 1.32 bits per heavy atom. The van der Waals surface area contributed by atoms with E-state index in [2.05, 4.69) is 21.2 Å². The highest BCUT2D eigenvalue weighted by molar-refractivity contribution is 9.10. The van der Waals surface area contributed by atoms with Crippen molar-refractivity contribution in [2.24, 2.45) is 0 Å². The molecule has 104 valence electrons. The fourth-order valence-electron chi connectivity index (χ4n) is 1.73. The van der Waals surface area contributed by atoms with Gasteiger partial charge in [-0.25, -0.2) is 0 Å². The van der Waals surface area contributed by atoms with Crippen molar-refractivity contribution in [2.75, 3.05) is 6.54 Å². The highest BCUT2D eigenvalue weighted by Crippen LogP contribution is 2.21. The number of hydrogen-bond donors (Lipinski definition) is 2. The molecule has 0 spiro atoms. The summed E-state index contributed by atoms with van der Waals surface area (Å²) in [6.45, 7) is 2.41. The van der Waals surface area contributed by atoms with E-state index in [-0.39, 0.29) is 18.2 Å². The number of nitrogens with one attached hydrogen (secondary N) is 1. The number of carbonyl (C=O) groups is 2. The van der Waals surface area contributed by atoms with Gasteiger partial charge in [0, 0.05) is 23.9 Å². The molecule has 0 aromatic heterocycles. The maximum Gasteiger partial charge on any atom is 0.303 e. The summed E-state index contributed by atoms with van der Waals surface area (Å²) < 4.78 is 1.02. The third kappa shape index (κ3) is 6.38. The van der Waals surface area contributed by atoms with Gasteiger partial charge in [0.1, 0.15) is 0 Å². The van der Waals surface area contributed by atoms with Gasteiger partial charge in [0.15, 0.2) is 0 Å². The third-order valence-corrected chi connectivity index (χ3v) is 3.35. The lowest BCUT2D eigenvalue weighted by molar-refractivity contribution is -0.137. The Labute approximate surface area is 121 Å². The van der Waals surface area contributed by atoms with Crippen molar-refractivity contribution in [3.63, 3.8) is 0 Å². The Bertz CT molecular complexity index is 431. The minimum Gasteiger partial charge on any atom is -0.481 e. The molecular weight excluding hydrogens is 310 g/mol. The molecule has 1 atom stereocenters. The number of carboxylic acids is 1. The maximum atomic E-state index is 11.7. The maximum absolute atomic E-state index is 11.7. The highest BCUT2D eigenvalue weighted by atomic mass is 79.9. The van der Waals surface area contributed by atoms with Crippen LogP contribution in [-0.4, -0.2) is 23.5 Å². The second kappa shape index (κ2) is 7.94. The molecule has 1 amide bonds. The molecule has 0 fully saturated rings. The molecule has 5 heteroatoms. The summed E-state index contributed by atoms with van der Waals surface area (Å²) >= 11 is 3.37. The molecule has 1 rings (SSSR count). The van der Waals surface area contributed by atoms with Gasteiger partial charge in [-0.15, -0.1) is 0 Å². The van der Waals surface area contributed by atoms with Crippen LogP contribution in [0, 0.1) is 0 Å². The van der Waals surface area contributed by atoms with Gasteiger partial charge >= 0.3 is 5.97 Å². The van der Waals surface area contributed by atoms with Crippen molar-refractivity contribution in [1.29, 1.82) is 0 Å². The summed E-state index contributed by atoms with van der Waals surface area (Å²) in [4.78, 5) is 22.0. The number of halogens is 1. The minimum absolute atomic E-state index is 0.0409. The van der Waals surface area contributed by atoms with Crippen LogP contribution in [0.5, 0.6) is 0 Å². The van der Waals surface area contributed by atoms with Gasteiger partial charge in [-0.2, -0.15) is 0 Å². The van der Waals surface area contributed by atoms with E-state index >= 15 is 0 Å². The second-order valence-electron chi connectivity index (χ2n) is 4.50. The minimum atomic E-state index is -0.836. The fraction of sp³-hybridized carbons (Fsp3) is 0.429. The van der Waals surface area contributed by atoms with Crippen LogP contribution in [0.2, 0.25) is 0 Å². The van der Waals surface area contributed by atoms with Crippen LogP contribution in [0.15, 0.2) is 28.7 Å². The van der Waals surface area contributed by atoms with Gasteiger partial charge in [0.25, 0.3) is 0 Å². The van der Waals surface area contributed by atoms with Crippen LogP contribution in [0.4, 0.5) is 0 Å². The molecule has 0 aliphatic carbocycles. The van der Waals surface area contributed by atoms with Crippen molar-refractivity contribution in [2.45, 2.75) is 32.1 Å². The lowest BCUT2D eigenvalue weighted by atomic mass is 9.97. The van der Waals surface area contributed by atoms with Crippen LogP contribution < -0.4 is 5.32 Å². The van der Waals surface area contributed by atoms with Crippen molar-refractivity contribution < 1.29 is 14.7 Å². The first kappa shape index (κ1) is 15.7. The van der Waals surface area contributed by atoms with Crippen LogP contribution >= 0.6 is 15.9 Å². The zero-order valence-corrected chi connectivity index (χ0v) is 12.4. The predicted molar refractivity (Wildman–Crippen MR) is 77.1 cm³/mol. The van der Waals surface area contributed by atoms with E-state index in [1.54, 1.807) is 0 Å². The summed E-state index contributed by atoms with van der Waals surface area (Å²) in [5, 5.41) is 11.2. The van der Waals surface area contributed by atoms with Crippen molar-refractivity contribution in [3.05, 3.63) is 34.3 Å². The highest BCUT2D eigenvalue weighted by Gasteiger charge is 2.10. The monoisotopic (exact) mass is 327 g/mol. The molecule has 4 nitrogen and oxygen atoms in total. The average Bonchev–Trinajstić information content (AvgIpc) is 2.35. The summed E-state index contributed by atoms with van der Waals surface area (Å²) in [6, 6.07) is 7.89. The molecule has 1 aromatic carbocycles. The van der Waals surface area contributed by atoms with E-state index in [0.29, 0.717) is 19.4 Å². The first-order valence-corrected chi connectivity index (χ1v) is 7.02. The predicted octanol–water partition coefficient (Wildman–Crippen LogP) is 2.92. The van der Waals surface area contributed by atoms with Crippen LogP contribution in [0.25, 0.3) is 0 Å². The average molecular weight is 328 g/mol. The van der Waals surface area contributed by atoms with Gasteiger partial charge in [0.05, 0.1) is 0 Å². The van der Waals surface area contributed by atoms with Crippen molar-refractivity contribution in [3.8, 4) is 0 Å². The third-order valence-electron chi connectivity index (χ3n) is 2.82. The Kier molecular flexibility index (Phi) is 6.56. The summed E-state index contributed by atoms with van der Waals surface area (Å²) in [6.07, 6.45) is 0.963. The zero-order chi connectivity index (χ0) is 14.3. The Hall–Kier alpha value is -1.36. The Morgan fingerprint density at radius 3 is 2.53 bits per heavy atom. The molecule has 0 aliphatic heterocycles. The Balaban J connectivity index is 2.31. The molecule has 0 heterocycles. The number of carboxylic acid groups (broad SMARTS) is 1. The van der Waals surface area contributed by atoms with Gasteiger partial charge < -0.3 is 10.4 Å². The number of aliphatic carboxylic acids is 1. The molecule has 19 heavy (non-hydrogen) atoms. The fourth-order valence-corrected chi connectivity index (χ4v) is 1.99. The number of benzene rings is 1. The second-order valence-corrected chi connectivity index (χ2v) is 5.42. The van der Waals surface area contributed by atoms with E-state index in [1.807, 2.05) is 31.2 Å². The van der Waals surface area contributed by atoms with Crippen LogP contribution in [-0.2, 0) is 9.59 Å². The number of rotatable bonds is 7. The van der Waals surface area contributed by atoms with Gasteiger partial charge in [0.2, 0.25) is 5.91 Å². The lowest BCUT2D eigenvalue weighted by Crippen LogP contribution is -2.25. The number of carbonyl (C=O) groups excluding carboxylic acids is 1. The van der Waals surface area contributed by atoms with Crippen molar-refractivity contribution >= 4 is 27.8 Å². The van der Waals surface area contributed by atoms with Gasteiger partial charge in [-0.3, -0.25) is 9.59 Å². The van der Waals surface area contributed by atoms with Crippen LogP contribution in [0.3, 0.4) is 0 Å². The quantitative estimate of drug-likeness (QED) is 0.756. The first-order chi connectivity index (χ1) is 8.99. The number of amides is 1. The topological polar surface area (TPSA) is 66.4 Å². The van der Waals surface area contributed by atoms with Gasteiger partial charge in [-0.05, 0) is 30.0 Å². The molecule has 0 bridgehead atoms. The molecule has 0 saturated carbocycles. The smallest absolute Gasteiger partial charge is 0.303 e. The van der Waals surface area contributed by atoms with E-state index in [9.17, 15) is 9.59 Å². The van der Waals surface area contributed by atoms with Crippen molar-refractivity contribution in [1.82, 2.24) is 5.32 Å². The molecule has 2 N–H and O–H groups in total. The summed E-state index contributed by atoms with van der Waals surface area (Å²) in [5.74, 6) is -0.731. The zero-order valence-electron chi connectivity index (χ0n) is 10.9. The lowest BCUT2D eigenvalue weighted by Gasteiger charge is -2.12. The summed E-state index contributed by atoms with van der Waals surface area (Å²) in [7, 11) is 0. The standard InChI is InChI=1S/C14H18BrNO3/c1-10(11-4-6-12(15)7-5-11)9-13(17)16-8-2-3-14(18)19/h4-7,10H,2-3,8-9H2,1H3,(H,16,17)(H,18,19). The molecule has 1 unspecified atom stereocenters. The van der Waals surface area contributed by atoms with E-state index in [0.717, 1.165) is 10.0 Å². The normalized spacial score (nSPS) is 11.9. The van der Waals surface area contributed by atoms with E-state index in [4.69, 9.17) is 5.11 Å². The van der Waals surface area contributed by atoms with E-state index in [1.165, 1.54) is 0 Å². The number of hydrogen-bond acceptors (Lipinski definition) is 2. The molecule has 0 radical (unpaired) electrons. The molecule has 1 aromatic rings.